The molecule has 1 aliphatic heterocycles. The molecule has 2 aliphatic rings. The van der Waals surface area contributed by atoms with Crippen LogP contribution in [0.25, 0.3) is 0 Å². The van der Waals surface area contributed by atoms with Crippen LogP contribution < -0.4 is 0 Å². The molecule has 5 nitrogen and oxygen atoms in total. The van der Waals surface area contributed by atoms with Gasteiger partial charge in [0.1, 0.15) is 6.61 Å². The predicted octanol–water partition coefficient (Wildman–Crippen LogP) is 0.997. The Morgan fingerprint density at radius 1 is 1.25 bits per heavy atom. The number of rotatable bonds is 2. The number of likely N-dealkylation sites (tertiary alicyclic amines) is 1. The standard InChI is InChI=1S/C15H19NO4/c17-13-6-11-7-16(8-12(11)14(13)18)15(19)20-9-10-4-2-1-3-5-10/h1-5,11-14,17-18H,6-9H2/t11-,12+,13?,14?/m0/s1. The van der Waals surface area contributed by atoms with Gasteiger partial charge >= 0.3 is 6.09 Å². The van der Waals surface area contributed by atoms with Crippen LogP contribution in [0.3, 0.4) is 0 Å². The summed E-state index contributed by atoms with van der Waals surface area (Å²) in [6.45, 7) is 1.29. The van der Waals surface area contributed by atoms with Crippen molar-refractivity contribution >= 4 is 6.09 Å². The third kappa shape index (κ3) is 2.51. The molecule has 1 heterocycles. The van der Waals surface area contributed by atoms with Crippen LogP contribution in [0.4, 0.5) is 4.79 Å². The first-order chi connectivity index (χ1) is 9.65. The molecule has 1 saturated carbocycles. The Balaban J connectivity index is 1.53. The molecule has 0 spiro atoms. The first-order valence-electron chi connectivity index (χ1n) is 6.97. The van der Waals surface area contributed by atoms with Crippen LogP contribution in [-0.4, -0.2) is 46.5 Å². The number of benzene rings is 1. The molecule has 3 rings (SSSR count). The second kappa shape index (κ2) is 5.42. The molecular weight excluding hydrogens is 258 g/mol. The normalized spacial score (nSPS) is 32.2. The maximum Gasteiger partial charge on any atom is 0.410 e. The number of aliphatic hydroxyl groups is 2. The SMILES string of the molecule is O=C(OCc1ccccc1)N1C[C@@H]2CC(O)C(O)[C@@H]2C1. The number of carbonyl (C=O) groups excluding carboxylic acids is 1. The average molecular weight is 277 g/mol. The Labute approximate surface area is 117 Å². The number of carbonyl (C=O) groups is 1. The van der Waals surface area contributed by atoms with Crippen LogP contribution in [0.5, 0.6) is 0 Å². The van der Waals surface area contributed by atoms with Crippen LogP contribution in [0.1, 0.15) is 12.0 Å². The molecule has 2 unspecified atom stereocenters. The highest BCUT2D eigenvalue weighted by atomic mass is 16.6. The van der Waals surface area contributed by atoms with Gasteiger partial charge in [-0.1, -0.05) is 30.3 Å². The minimum absolute atomic E-state index is 0.0192. The number of hydrogen-bond acceptors (Lipinski definition) is 4. The number of nitrogens with zero attached hydrogens (tertiary/aromatic N) is 1. The quantitative estimate of drug-likeness (QED) is 0.846. The summed E-state index contributed by atoms with van der Waals surface area (Å²) in [6, 6.07) is 9.54. The van der Waals surface area contributed by atoms with Gasteiger partial charge in [0.05, 0.1) is 12.2 Å². The molecule has 1 saturated heterocycles. The Kier molecular flexibility index (Phi) is 3.63. The van der Waals surface area contributed by atoms with Crippen molar-refractivity contribution in [1.82, 2.24) is 4.90 Å². The van der Waals surface area contributed by atoms with Gasteiger partial charge in [0.25, 0.3) is 0 Å². The van der Waals surface area contributed by atoms with E-state index in [4.69, 9.17) is 4.74 Å². The fraction of sp³-hybridized carbons (Fsp3) is 0.533. The molecule has 108 valence electrons. The zero-order valence-corrected chi connectivity index (χ0v) is 11.2. The largest absolute Gasteiger partial charge is 0.445 e. The Bertz CT molecular complexity index is 478. The molecular formula is C15H19NO4. The lowest BCUT2D eigenvalue weighted by Crippen LogP contribution is -2.34. The highest BCUT2D eigenvalue weighted by Gasteiger charge is 2.48. The smallest absolute Gasteiger partial charge is 0.410 e. The van der Waals surface area contributed by atoms with Crippen molar-refractivity contribution < 1.29 is 19.7 Å². The van der Waals surface area contributed by atoms with E-state index in [1.807, 2.05) is 30.3 Å². The van der Waals surface area contributed by atoms with Crippen molar-refractivity contribution in [2.75, 3.05) is 13.1 Å². The Hall–Kier alpha value is -1.59. The molecule has 1 amide bonds. The van der Waals surface area contributed by atoms with E-state index >= 15 is 0 Å². The molecule has 1 aromatic rings. The summed E-state index contributed by atoms with van der Waals surface area (Å²) in [7, 11) is 0. The van der Waals surface area contributed by atoms with Crippen molar-refractivity contribution in [2.24, 2.45) is 11.8 Å². The minimum Gasteiger partial charge on any atom is -0.445 e. The van der Waals surface area contributed by atoms with Gasteiger partial charge in [-0.05, 0) is 17.9 Å². The maximum absolute atomic E-state index is 12.0. The lowest BCUT2D eigenvalue weighted by Gasteiger charge is -2.19. The monoisotopic (exact) mass is 277 g/mol. The first kappa shape index (κ1) is 13.4. The average Bonchev–Trinajstić information content (AvgIpc) is 2.98. The van der Waals surface area contributed by atoms with Crippen molar-refractivity contribution in [3.05, 3.63) is 35.9 Å². The molecule has 20 heavy (non-hydrogen) atoms. The van der Waals surface area contributed by atoms with Gasteiger partial charge in [0.15, 0.2) is 0 Å². The van der Waals surface area contributed by atoms with Crippen LogP contribution in [0.2, 0.25) is 0 Å². The Morgan fingerprint density at radius 3 is 2.70 bits per heavy atom. The van der Waals surface area contributed by atoms with E-state index in [1.54, 1.807) is 4.90 Å². The van der Waals surface area contributed by atoms with Crippen molar-refractivity contribution in [2.45, 2.75) is 25.2 Å². The van der Waals surface area contributed by atoms with Gasteiger partial charge in [0, 0.05) is 19.0 Å². The summed E-state index contributed by atoms with van der Waals surface area (Å²) < 4.78 is 5.28. The summed E-state index contributed by atoms with van der Waals surface area (Å²) in [6.07, 6.45) is -1.14. The van der Waals surface area contributed by atoms with Gasteiger partial charge in [-0.25, -0.2) is 4.79 Å². The molecule has 2 fully saturated rings. The van der Waals surface area contributed by atoms with E-state index in [9.17, 15) is 15.0 Å². The number of aliphatic hydroxyl groups excluding tert-OH is 2. The summed E-state index contributed by atoms with van der Waals surface area (Å²) in [5.41, 5.74) is 0.954. The third-order valence-electron chi connectivity index (χ3n) is 4.33. The lowest BCUT2D eigenvalue weighted by atomic mass is 9.99. The second-order valence-corrected chi connectivity index (χ2v) is 5.66. The van der Waals surface area contributed by atoms with E-state index in [0.717, 1.165) is 5.56 Å². The molecule has 1 aliphatic carbocycles. The summed E-state index contributed by atoms with van der Waals surface area (Å²) in [5.74, 6) is 0.165. The Morgan fingerprint density at radius 2 is 2.00 bits per heavy atom. The second-order valence-electron chi connectivity index (χ2n) is 5.66. The van der Waals surface area contributed by atoms with Crippen molar-refractivity contribution in [1.29, 1.82) is 0 Å². The lowest BCUT2D eigenvalue weighted by molar-refractivity contribution is 0.0160. The summed E-state index contributed by atoms with van der Waals surface area (Å²) in [5, 5.41) is 19.4. The van der Waals surface area contributed by atoms with Crippen LogP contribution in [-0.2, 0) is 11.3 Å². The fourth-order valence-electron chi connectivity index (χ4n) is 3.23. The van der Waals surface area contributed by atoms with Crippen LogP contribution >= 0.6 is 0 Å². The zero-order valence-electron chi connectivity index (χ0n) is 11.2. The predicted molar refractivity (Wildman–Crippen MR) is 71.8 cm³/mol. The van der Waals surface area contributed by atoms with Crippen LogP contribution in [0, 0.1) is 11.8 Å². The van der Waals surface area contributed by atoms with E-state index in [2.05, 4.69) is 0 Å². The number of hydrogen-bond donors (Lipinski definition) is 2. The summed E-state index contributed by atoms with van der Waals surface area (Å²) >= 11 is 0. The number of ether oxygens (including phenoxy) is 1. The fourth-order valence-corrected chi connectivity index (χ4v) is 3.23. The van der Waals surface area contributed by atoms with E-state index in [-0.39, 0.29) is 24.5 Å². The molecule has 2 N–H and O–H groups in total. The van der Waals surface area contributed by atoms with Gasteiger partial charge in [-0.2, -0.15) is 0 Å². The third-order valence-corrected chi connectivity index (χ3v) is 4.33. The van der Waals surface area contributed by atoms with Gasteiger partial charge in [0.2, 0.25) is 0 Å². The minimum atomic E-state index is -0.716. The molecule has 1 aromatic carbocycles. The van der Waals surface area contributed by atoms with E-state index in [1.165, 1.54) is 0 Å². The van der Waals surface area contributed by atoms with Gasteiger partial charge in [-0.3, -0.25) is 0 Å². The van der Waals surface area contributed by atoms with Crippen LogP contribution in [0.15, 0.2) is 30.3 Å². The van der Waals surface area contributed by atoms with E-state index in [0.29, 0.717) is 19.5 Å². The highest BCUT2D eigenvalue weighted by molar-refractivity contribution is 5.68. The molecule has 0 radical (unpaired) electrons. The van der Waals surface area contributed by atoms with Gasteiger partial charge < -0.3 is 19.8 Å². The van der Waals surface area contributed by atoms with Crippen molar-refractivity contribution in [3.63, 3.8) is 0 Å². The maximum atomic E-state index is 12.0. The van der Waals surface area contributed by atoms with E-state index < -0.39 is 12.2 Å². The first-order valence-corrected chi connectivity index (χ1v) is 6.97. The molecule has 0 aromatic heterocycles. The van der Waals surface area contributed by atoms with Gasteiger partial charge in [-0.15, -0.1) is 0 Å². The zero-order chi connectivity index (χ0) is 14.1. The number of amides is 1. The molecule has 4 atom stereocenters. The number of fused-ring (bicyclic) bond motifs is 1. The highest BCUT2D eigenvalue weighted by Crippen LogP contribution is 2.38. The summed E-state index contributed by atoms with van der Waals surface area (Å²) in [4.78, 5) is 13.6. The molecule has 0 bridgehead atoms. The molecule has 5 heteroatoms. The topological polar surface area (TPSA) is 70.0 Å². The van der Waals surface area contributed by atoms with Crippen molar-refractivity contribution in [3.8, 4) is 0 Å².